The second-order valence-corrected chi connectivity index (χ2v) is 4.65. The van der Waals surface area contributed by atoms with Crippen LogP contribution in [-0.4, -0.2) is 15.6 Å². The third-order valence-electron chi connectivity index (χ3n) is 2.50. The average molecular weight is 220 g/mol. The van der Waals surface area contributed by atoms with Gasteiger partial charge < -0.3 is 0 Å². The van der Waals surface area contributed by atoms with Gasteiger partial charge >= 0.3 is 0 Å². The van der Waals surface area contributed by atoms with Crippen molar-refractivity contribution in [3.8, 4) is 0 Å². The first kappa shape index (κ1) is 10.1. The maximum Gasteiger partial charge on any atom is 0.197 e. The predicted octanol–water partition coefficient (Wildman–Crippen LogP) is 2.33. The number of aryl methyl sites for hydroxylation is 2. The lowest BCUT2D eigenvalue weighted by atomic mass is 10.1. The lowest BCUT2D eigenvalue weighted by Crippen LogP contribution is -2.00. The topological polar surface area (TPSA) is 34.9 Å². The molecule has 0 unspecified atom stereocenters. The van der Waals surface area contributed by atoms with Gasteiger partial charge in [0.05, 0.1) is 11.8 Å². The van der Waals surface area contributed by atoms with Crippen LogP contribution >= 0.6 is 11.3 Å². The van der Waals surface area contributed by atoms with E-state index in [1.54, 1.807) is 28.4 Å². The first-order valence-corrected chi connectivity index (χ1v) is 5.55. The third-order valence-corrected chi connectivity index (χ3v) is 3.51. The molecule has 0 atom stereocenters. The van der Waals surface area contributed by atoms with Crippen LogP contribution in [0.1, 0.15) is 26.4 Å². The molecule has 0 saturated heterocycles. The number of carbonyl (C=O) groups excluding carboxylic acids is 1. The van der Waals surface area contributed by atoms with Gasteiger partial charge in [0.15, 0.2) is 5.78 Å². The Hall–Kier alpha value is -1.42. The molecule has 0 amide bonds. The highest BCUT2D eigenvalue weighted by Crippen LogP contribution is 2.22. The quantitative estimate of drug-likeness (QED) is 0.728. The van der Waals surface area contributed by atoms with E-state index in [0.29, 0.717) is 5.56 Å². The fourth-order valence-corrected chi connectivity index (χ4v) is 2.30. The van der Waals surface area contributed by atoms with Crippen LogP contribution in [0.5, 0.6) is 0 Å². The van der Waals surface area contributed by atoms with Gasteiger partial charge in [-0.1, -0.05) is 0 Å². The molecule has 15 heavy (non-hydrogen) atoms. The SMILES string of the molecule is Cc1scc(C(=O)c2cnn(C)c2)c1C. The van der Waals surface area contributed by atoms with Gasteiger partial charge in [0.25, 0.3) is 0 Å². The van der Waals surface area contributed by atoms with Gasteiger partial charge in [-0.25, -0.2) is 0 Å². The molecule has 0 aliphatic heterocycles. The third kappa shape index (κ3) is 1.72. The van der Waals surface area contributed by atoms with Crippen molar-refractivity contribution in [2.45, 2.75) is 13.8 Å². The zero-order valence-corrected chi connectivity index (χ0v) is 9.76. The number of nitrogens with zero attached hydrogens (tertiary/aromatic N) is 2. The molecule has 2 aromatic heterocycles. The molecule has 2 heterocycles. The Kier molecular flexibility index (Phi) is 2.44. The summed E-state index contributed by atoms with van der Waals surface area (Å²) in [5.74, 6) is 0.0601. The Morgan fingerprint density at radius 2 is 2.20 bits per heavy atom. The molecule has 0 aromatic carbocycles. The first-order valence-electron chi connectivity index (χ1n) is 4.67. The van der Waals surface area contributed by atoms with Crippen molar-refractivity contribution in [1.29, 1.82) is 0 Å². The van der Waals surface area contributed by atoms with Crippen molar-refractivity contribution >= 4 is 17.1 Å². The van der Waals surface area contributed by atoms with E-state index >= 15 is 0 Å². The minimum atomic E-state index is 0.0601. The van der Waals surface area contributed by atoms with E-state index in [1.165, 1.54) is 4.88 Å². The minimum Gasteiger partial charge on any atom is -0.288 e. The van der Waals surface area contributed by atoms with E-state index in [1.807, 2.05) is 26.3 Å². The van der Waals surface area contributed by atoms with Gasteiger partial charge in [0.1, 0.15) is 0 Å². The maximum absolute atomic E-state index is 12.0. The van der Waals surface area contributed by atoms with E-state index in [2.05, 4.69) is 5.10 Å². The number of ketones is 1. The second kappa shape index (κ2) is 3.62. The van der Waals surface area contributed by atoms with Crippen LogP contribution in [0, 0.1) is 13.8 Å². The van der Waals surface area contributed by atoms with Crippen LogP contribution in [0.2, 0.25) is 0 Å². The highest BCUT2D eigenvalue weighted by atomic mass is 32.1. The number of rotatable bonds is 2. The summed E-state index contributed by atoms with van der Waals surface area (Å²) >= 11 is 1.61. The van der Waals surface area contributed by atoms with E-state index in [4.69, 9.17) is 0 Å². The monoisotopic (exact) mass is 220 g/mol. The summed E-state index contributed by atoms with van der Waals surface area (Å²) in [4.78, 5) is 13.2. The highest BCUT2D eigenvalue weighted by molar-refractivity contribution is 7.10. The summed E-state index contributed by atoms with van der Waals surface area (Å²) in [7, 11) is 1.81. The second-order valence-electron chi connectivity index (χ2n) is 3.56. The van der Waals surface area contributed by atoms with Crippen molar-refractivity contribution in [2.75, 3.05) is 0 Å². The molecule has 0 N–H and O–H groups in total. The lowest BCUT2D eigenvalue weighted by molar-refractivity contribution is 0.103. The van der Waals surface area contributed by atoms with Crippen molar-refractivity contribution in [1.82, 2.24) is 9.78 Å². The van der Waals surface area contributed by atoms with Gasteiger partial charge in [-0.2, -0.15) is 5.10 Å². The highest BCUT2D eigenvalue weighted by Gasteiger charge is 2.15. The van der Waals surface area contributed by atoms with Crippen molar-refractivity contribution in [3.05, 3.63) is 39.3 Å². The van der Waals surface area contributed by atoms with Gasteiger partial charge in [0.2, 0.25) is 0 Å². The normalized spacial score (nSPS) is 10.6. The fraction of sp³-hybridized carbons (Fsp3) is 0.273. The lowest BCUT2D eigenvalue weighted by Gasteiger charge is -1.96. The molecule has 0 bridgehead atoms. The number of carbonyl (C=O) groups is 1. The first-order chi connectivity index (χ1) is 7.09. The smallest absolute Gasteiger partial charge is 0.197 e. The van der Waals surface area contributed by atoms with E-state index in [-0.39, 0.29) is 5.78 Å². The molecule has 78 valence electrons. The summed E-state index contributed by atoms with van der Waals surface area (Å²) in [5, 5.41) is 5.92. The zero-order chi connectivity index (χ0) is 11.0. The van der Waals surface area contributed by atoms with Crippen LogP contribution in [0.15, 0.2) is 17.8 Å². The van der Waals surface area contributed by atoms with Gasteiger partial charge in [0, 0.05) is 29.1 Å². The van der Waals surface area contributed by atoms with Gasteiger partial charge in [-0.15, -0.1) is 11.3 Å². The predicted molar refractivity (Wildman–Crippen MR) is 60.4 cm³/mol. The molecule has 3 nitrogen and oxygen atoms in total. The Morgan fingerprint density at radius 1 is 1.47 bits per heavy atom. The molecular formula is C11H12N2OS. The molecule has 0 fully saturated rings. The molecule has 0 saturated carbocycles. The van der Waals surface area contributed by atoms with Crippen LogP contribution < -0.4 is 0 Å². The maximum atomic E-state index is 12.0. The molecule has 2 rings (SSSR count). The Balaban J connectivity index is 2.41. The average Bonchev–Trinajstić information content (AvgIpc) is 2.75. The van der Waals surface area contributed by atoms with Gasteiger partial charge in [-0.3, -0.25) is 9.48 Å². The molecule has 0 radical (unpaired) electrons. The van der Waals surface area contributed by atoms with Crippen molar-refractivity contribution in [3.63, 3.8) is 0 Å². The molecule has 4 heteroatoms. The number of hydrogen-bond donors (Lipinski definition) is 0. The summed E-state index contributed by atoms with van der Waals surface area (Å²) in [5.41, 5.74) is 2.53. The molecule has 2 aromatic rings. The molecule has 0 aliphatic rings. The minimum absolute atomic E-state index is 0.0601. The molecule has 0 aliphatic carbocycles. The summed E-state index contributed by atoms with van der Waals surface area (Å²) in [6, 6.07) is 0. The Morgan fingerprint density at radius 3 is 2.67 bits per heavy atom. The van der Waals surface area contributed by atoms with Crippen molar-refractivity contribution < 1.29 is 4.79 Å². The standard InChI is InChI=1S/C11H12N2OS/c1-7-8(2)15-6-10(7)11(14)9-4-12-13(3)5-9/h4-6H,1-3H3. The van der Waals surface area contributed by atoms with Crippen LogP contribution in [0.3, 0.4) is 0 Å². The summed E-state index contributed by atoms with van der Waals surface area (Å²) in [6.45, 7) is 4.01. The summed E-state index contributed by atoms with van der Waals surface area (Å²) in [6.07, 6.45) is 3.35. The largest absolute Gasteiger partial charge is 0.288 e. The zero-order valence-electron chi connectivity index (χ0n) is 8.94. The van der Waals surface area contributed by atoms with E-state index < -0.39 is 0 Å². The van der Waals surface area contributed by atoms with E-state index in [9.17, 15) is 4.79 Å². The fourth-order valence-electron chi connectivity index (χ4n) is 1.43. The number of hydrogen-bond acceptors (Lipinski definition) is 3. The van der Waals surface area contributed by atoms with Gasteiger partial charge in [-0.05, 0) is 19.4 Å². The van der Waals surface area contributed by atoms with E-state index in [0.717, 1.165) is 11.1 Å². The Bertz CT molecular complexity index is 510. The number of thiophene rings is 1. The van der Waals surface area contributed by atoms with Crippen LogP contribution in [0.4, 0.5) is 0 Å². The molecular weight excluding hydrogens is 208 g/mol. The van der Waals surface area contributed by atoms with Crippen LogP contribution in [0.25, 0.3) is 0 Å². The Labute approximate surface area is 92.4 Å². The molecule has 0 spiro atoms. The summed E-state index contributed by atoms with van der Waals surface area (Å²) < 4.78 is 1.64. The number of aromatic nitrogens is 2. The van der Waals surface area contributed by atoms with Crippen LogP contribution in [-0.2, 0) is 7.05 Å². The van der Waals surface area contributed by atoms with Crippen molar-refractivity contribution in [2.24, 2.45) is 7.05 Å².